The lowest BCUT2D eigenvalue weighted by molar-refractivity contribution is 0.101. The van der Waals surface area contributed by atoms with Crippen LogP contribution in [0.2, 0.25) is 0 Å². The number of alkyl halides is 1. The molecule has 2 heterocycles. The molecule has 0 spiro atoms. The van der Waals surface area contributed by atoms with Crippen LogP contribution in [0.1, 0.15) is 44.4 Å². The van der Waals surface area contributed by atoms with Crippen LogP contribution in [0.25, 0.3) is 10.9 Å². The van der Waals surface area contributed by atoms with Gasteiger partial charge in [0.15, 0.2) is 0 Å². The number of anilines is 1. The maximum absolute atomic E-state index is 13.9. The Morgan fingerprint density at radius 1 is 1.34 bits per heavy atom. The monoisotopic (exact) mass is 413 g/mol. The fourth-order valence-corrected chi connectivity index (χ4v) is 4.51. The molecule has 0 aliphatic carbocycles. The summed E-state index contributed by atoms with van der Waals surface area (Å²) in [5.74, 6) is 1.22. The molecule has 1 aromatic heterocycles. The predicted molar refractivity (Wildman–Crippen MR) is 125 cm³/mol. The minimum atomic E-state index is -1.14. The highest BCUT2D eigenvalue weighted by Crippen LogP contribution is 2.31. The number of thioether (sulfide) groups is 1. The van der Waals surface area contributed by atoms with Crippen LogP contribution in [0.3, 0.4) is 0 Å². The van der Waals surface area contributed by atoms with Gasteiger partial charge in [0.25, 0.3) is 0 Å². The van der Waals surface area contributed by atoms with E-state index >= 15 is 0 Å². The third kappa shape index (κ3) is 6.06. The molecule has 1 aromatic carbocycles. The SMILES string of the molecule is C=CSC(C)c1ccc2ccc(NC(=C)C3CCN(CC(C)(C)F)CC3)nc2c1. The van der Waals surface area contributed by atoms with Crippen LogP contribution in [0, 0.1) is 5.92 Å². The van der Waals surface area contributed by atoms with Gasteiger partial charge in [0.1, 0.15) is 11.5 Å². The smallest absolute Gasteiger partial charge is 0.130 e. The Morgan fingerprint density at radius 2 is 2.03 bits per heavy atom. The maximum atomic E-state index is 13.9. The van der Waals surface area contributed by atoms with Crippen LogP contribution in [-0.4, -0.2) is 35.2 Å². The largest absolute Gasteiger partial charge is 0.344 e. The van der Waals surface area contributed by atoms with E-state index in [-0.39, 0.29) is 0 Å². The van der Waals surface area contributed by atoms with Crippen molar-refractivity contribution in [2.24, 2.45) is 5.92 Å². The van der Waals surface area contributed by atoms with E-state index in [1.807, 2.05) is 11.5 Å². The van der Waals surface area contributed by atoms with Gasteiger partial charge in [-0.15, -0.1) is 11.8 Å². The first-order valence-corrected chi connectivity index (χ1v) is 11.2. The van der Waals surface area contributed by atoms with Crippen molar-refractivity contribution in [1.82, 2.24) is 9.88 Å². The molecule has 1 fully saturated rings. The van der Waals surface area contributed by atoms with Crippen molar-refractivity contribution >= 4 is 28.5 Å². The number of piperidine rings is 1. The number of pyridine rings is 1. The van der Waals surface area contributed by atoms with Gasteiger partial charge in [0.2, 0.25) is 0 Å². The summed E-state index contributed by atoms with van der Waals surface area (Å²) >= 11 is 1.71. The summed E-state index contributed by atoms with van der Waals surface area (Å²) in [6.07, 6.45) is 1.99. The highest BCUT2D eigenvalue weighted by atomic mass is 32.2. The number of hydrogen-bond donors (Lipinski definition) is 1. The Balaban J connectivity index is 1.63. The fourth-order valence-electron chi connectivity index (χ4n) is 3.92. The first-order chi connectivity index (χ1) is 13.7. The summed E-state index contributed by atoms with van der Waals surface area (Å²) < 4.78 is 13.9. The van der Waals surface area contributed by atoms with E-state index in [2.05, 4.69) is 54.6 Å². The number of halogens is 1. The summed E-state index contributed by atoms with van der Waals surface area (Å²) in [5, 5.41) is 6.78. The van der Waals surface area contributed by atoms with Gasteiger partial charge in [-0.1, -0.05) is 25.3 Å². The molecule has 29 heavy (non-hydrogen) atoms. The molecule has 1 unspecified atom stereocenters. The molecule has 0 radical (unpaired) electrons. The van der Waals surface area contributed by atoms with Gasteiger partial charge in [-0.2, -0.15) is 0 Å². The van der Waals surface area contributed by atoms with E-state index in [0.29, 0.717) is 17.7 Å². The Labute approximate surface area is 178 Å². The predicted octanol–water partition coefficient (Wildman–Crippen LogP) is 6.56. The van der Waals surface area contributed by atoms with E-state index in [4.69, 9.17) is 4.98 Å². The number of fused-ring (bicyclic) bond motifs is 1. The molecule has 5 heteroatoms. The Morgan fingerprint density at radius 3 is 2.69 bits per heavy atom. The van der Waals surface area contributed by atoms with Gasteiger partial charge >= 0.3 is 0 Å². The quantitative estimate of drug-likeness (QED) is 0.530. The van der Waals surface area contributed by atoms with Crippen molar-refractivity contribution in [1.29, 1.82) is 0 Å². The number of allylic oxidation sites excluding steroid dienone is 1. The van der Waals surface area contributed by atoms with E-state index in [9.17, 15) is 4.39 Å². The summed E-state index contributed by atoms with van der Waals surface area (Å²) in [6, 6.07) is 10.5. The minimum absolute atomic E-state index is 0.352. The second-order valence-corrected chi connectivity index (χ2v) is 9.83. The molecule has 1 N–H and O–H groups in total. The van der Waals surface area contributed by atoms with Gasteiger partial charge in [0.05, 0.1) is 5.52 Å². The molecule has 2 aromatic rings. The van der Waals surface area contributed by atoms with Gasteiger partial charge in [0, 0.05) is 28.8 Å². The van der Waals surface area contributed by atoms with Crippen LogP contribution in [0.5, 0.6) is 0 Å². The molecule has 0 amide bonds. The molecule has 1 aliphatic heterocycles. The molecule has 1 atom stereocenters. The number of benzene rings is 1. The Hall–Kier alpha value is -1.85. The molecule has 3 nitrogen and oxygen atoms in total. The van der Waals surface area contributed by atoms with Gasteiger partial charge in [-0.25, -0.2) is 9.37 Å². The summed E-state index contributed by atoms with van der Waals surface area (Å²) in [4.78, 5) is 7.02. The Bertz CT molecular complexity index is 866. The normalized spacial score (nSPS) is 17.2. The zero-order valence-corrected chi connectivity index (χ0v) is 18.6. The van der Waals surface area contributed by atoms with Crippen molar-refractivity contribution < 1.29 is 4.39 Å². The van der Waals surface area contributed by atoms with E-state index in [1.54, 1.807) is 25.6 Å². The van der Waals surface area contributed by atoms with Gasteiger partial charge < -0.3 is 10.2 Å². The second-order valence-electron chi connectivity index (χ2n) is 8.51. The van der Waals surface area contributed by atoms with Crippen LogP contribution in [0.15, 0.2) is 54.6 Å². The summed E-state index contributed by atoms with van der Waals surface area (Å²) in [6.45, 7) is 15.9. The zero-order valence-electron chi connectivity index (χ0n) is 17.7. The van der Waals surface area contributed by atoms with Crippen molar-refractivity contribution in [3.8, 4) is 0 Å². The lowest BCUT2D eigenvalue weighted by Crippen LogP contribution is -2.41. The summed E-state index contributed by atoms with van der Waals surface area (Å²) in [7, 11) is 0. The van der Waals surface area contributed by atoms with Gasteiger partial charge in [-0.05, 0) is 75.9 Å². The molecule has 1 aliphatic rings. The second kappa shape index (κ2) is 9.31. The van der Waals surface area contributed by atoms with E-state index in [0.717, 1.165) is 48.3 Å². The number of nitrogens with one attached hydrogen (secondary N) is 1. The first kappa shape index (κ1) is 21.8. The lowest BCUT2D eigenvalue weighted by Gasteiger charge is -2.35. The molecular weight excluding hydrogens is 381 g/mol. The minimum Gasteiger partial charge on any atom is -0.344 e. The van der Waals surface area contributed by atoms with Crippen molar-refractivity contribution in [3.05, 3.63) is 60.2 Å². The molecule has 156 valence electrons. The lowest BCUT2D eigenvalue weighted by atomic mass is 9.93. The molecular formula is C24H32FN3S. The van der Waals surface area contributed by atoms with Crippen LogP contribution < -0.4 is 5.32 Å². The molecule has 0 bridgehead atoms. The highest BCUT2D eigenvalue weighted by Gasteiger charge is 2.26. The number of likely N-dealkylation sites (tertiary alicyclic amines) is 1. The number of nitrogens with zero attached hydrogens (tertiary/aromatic N) is 2. The zero-order chi connectivity index (χ0) is 21.0. The van der Waals surface area contributed by atoms with E-state index in [1.165, 1.54) is 5.56 Å². The topological polar surface area (TPSA) is 28.2 Å². The number of rotatable bonds is 8. The average Bonchev–Trinajstić information content (AvgIpc) is 2.67. The third-order valence-corrected chi connectivity index (χ3v) is 6.33. The third-order valence-electron chi connectivity index (χ3n) is 5.45. The first-order valence-electron chi connectivity index (χ1n) is 10.3. The van der Waals surface area contributed by atoms with Crippen molar-refractivity contribution in [2.45, 2.75) is 44.5 Å². The molecule has 3 rings (SSSR count). The molecule has 0 saturated carbocycles. The Kier molecular flexibility index (Phi) is 7.01. The van der Waals surface area contributed by atoms with Crippen LogP contribution in [-0.2, 0) is 0 Å². The summed E-state index contributed by atoms with van der Waals surface area (Å²) in [5.41, 5.74) is 2.09. The van der Waals surface area contributed by atoms with E-state index < -0.39 is 5.67 Å². The van der Waals surface area contributed by atoms with Crippen molar-refractivity contribution in [3.63, 3.8) is 0 Å². The maximum Gasteiger partial charge on any atom is 0.130 e. The van der Waals surface area contributed by atoms with Crippen LogP contribution in [0.4, 0.5) is 10.2 Å². The average molecular weight is 414 g/mol. The molecule has 1 saturated heterocycles. The fraction of sp³-hybridized carbons (Fsp3) is 0.458. The highest BCUT2D eigenvalue weighted by molar-refractivity contribution is 8.02. The number of aromatic nitrogens is 1. The standard InChI is InChI=1S/C24H32FN3S/c1-6-29-18(3)21-8-7-20-9-10-23(27-22(20)15-21)26-17(2)19-11-13-28(14-12-19)16-24(4,5)25/h6-10,15,18-19H,1-2,11-14,16H2,3-5H3,(H,26,27). The van der Waals surface area contributed by atoms with Crippen molar-refractivity contribution in [2.75, 3.05) is 25.0 Å². The van der Waals surface area contributed by atoms with Crippen LogP contribution >= 0.6 is 11.8 Å². The van der Waals surface area contributed by atoms with Gasteiger partial charge in [-0.3, -0.25) is 0 Å². The number of hydrogen-bond acceptors (Lipinski definition) is 4.